The minimum atomic E-state index is -0.779. The highest BCUT2D eigenvalue weighted by atomic mass is 32.1. The second-order valence-electron chi connectivity index (χ2n) is 4.53. The summed E-state index contributed by atoms with van der Waals surface area (Å²) in [5.41, 5.74) is 5.75. The number of pyridine rings is 1. The molecular weight excluding hydrogens is 246 g/mol. The van der Waals surface area contributed by atoms with Crippen LogP contribution in [0, 0.1) is 5.41 Å². The van der Waals surface area contributed by atoms with Crippen LogP contribution >= 0.6 is 12.2 Å². The van der Waals surface area contributed by atoms with Gasteiger partial charge < -0.3 is 10.6 Å². The molecule has 0 aliphatic heterocycles. The van der Waals surface area contributed by atoms with E-state index in [4.69, 9.17) is 18.0 Å². The summed E-state index contributed by atoms with van der Waals surface area (Å²) in [5, 5.41) is 0. The molecule has 0 aromatic carbocycles. The second kappa shape index (κ2) is 5.91. The summed E-state index contributed by atoms with van der Waals surface area (Å²) < 4.78 is 0. The lowest BCUT2D eigenvalue weighted by molar-refractivity contribution is -0.137. The molecule has 0 aliphatic rings. The van der Waals surface area contributed by atoms with Crippen LogP contribution in [0.25, 0.3) is 0 Å². The van der Waals surface area contributed by atoms with Gasteiger partial charge in [0.25, 0.3) is 0 Å². The van der Waals surface area contributed by atoms with Gasteiger partial charge in [0.2, 0.25) is 5.91 Å². The molecule has 1 heterocycles. The fourth-order valence-electron chi connectivity index (χ4n) is 1.66. The van der Waals surface area contributed by atoms with Crippen LogP contribution in [0.1, 0.15) is 26.0 Å². The number of nitrogens with zero attached hydrogens (tertiary/aromatic N) is 2. The van der Waals surface area contributed by atoms with E-state index in [0.717, 1.165) is 5.69 Å². The van der Waals surface area contributed by atoms with Gasteiger partial charge in [-0.2, -0.15) is 0 Å². The van der Waals surface area contributed by atoms with Crippen molar-refractivity contribution in [2.45, 2.75) is 26.8 Å². The smallest absolute Gasteiger partial charge is 0.235 e. The molecule has 0 radical (unpaired) electrons. The third-order valence-corrected chi connectivity index (χ3v) is 3.65. The lowest BCUT2D eigenvalue weighted by atomic mass is 9.86. The first-order valence-electron chi connectivity index (χ1n) is 5.87. The summed E-state index contributed by atoms with van der Waals surface area (Å²) in [6.45, 7) is 4.15. The molecule has 0 fully saturated rings. The molecule has 0 aliphatic carbocycles. The van der Waals surface area contributed by atoms with Gasteiger partial charge in [-0.05, 0) is 25.5 Å². The summed E-state index contributed by atoms with van der Waals surface area (Å²) >= 11 is 5.00. The van der Waals surface area contributed by atoms with Gasteiger partial charge in [-0.1, -0.05) is 25.2 Å². The zero-order valence-electron chi connectivity index (χ0n) is 11.0. The van der Waals surface area contributed by atoms with Crippen LogP contribution in [0.15, 0.2) is 24.4 Å². The molecule has 5 heteroatoms. The van der Waals surface area contributed by atoms with E-state index in [-0.39, 0.29) is 10.9 Å². The zero-order chi connectivity index (χ0) is 13.8. The third-order valence-electron chi connectivity index (χ3n) is 3.19. The van der Waals surface area contributed by atoms with E-state index in [2.05, 4.69) is 4.98 Å². The molecule has 1 rings (SSSR count). The Labute approximate surface area is 113 Å². The van der Waals surface area contributed by atoms with Gasteiger partial charge in [-0.3, -0.25) is 9.78 Å². The Bertz CT molecular complexity index is 435. The SMILES string of the molecule is CCC(C)(C(=O)N(C)Cc1ccccn1)C(N)=S. The molecule has 98 valence electrons. The molecule has 2 N–H and O–H groups in total. The Morgan fingerprint density at radius 1 is 1.56 bits per heavy atom. The Hall–Kier alpha value is -1.49. The molecule has 4 nitrogen and oxygen atoms in total. The monoisotopic (exact) mass is 265 g/mol. The standard InChI is InChI=1S/C13H19N3OS/c1-4-13(2,11(14)18)12(17)16(3)9-10-7-5-6-8-15-10/h5-8H,4,9H2,1-3H3,(H2,14,18). The summed E-state index contributed by atoms with van der Waals surface area (Å²) in [4.78, 5) is 18.4. The van der Waals surface area contributed by atoms with E-state index in [1.54, 1.807) is 25.1 Å². The van der Waals surface area contributed by atoms with Crippen molar-refractivity contribution >= 4 is 23.1 Å². The maximum atomic E-state index is 12.4. The highest BCUT2D eigenvalue weighted by Crippen LogP contribution is 2.24. The number of hydrogen-bond donors (Lipinski definition) is 1. The third kappa shape index (κ3) is 3.04. The number of rotatable bonds is 5. The van der Waals surface area contributed by atoms with Crippen LogP contribution in [0.4, 0.5) is 0 Å². The van der Waals surface area contributed by atoms with Crippen molar-refractivity contribution in [2.75, 3.05) is 7.05 Å². The molecule has 1 unspecified atom stereocenters. The number of carbonyl (C=O) groups is 1. The normalized spacial score (nSPS) is 13.7. The average Bonchev–Trinajstić information content (AvgIpc) is 2.37. The summed E-state index contributed by atoms with van der Waals surface area (Å²) in [5.74, 6) is -0.0665. The lowest BCUT2D eigenvalue weighted by Crippen LogP contribution is -2.47. The van der Waals surface area contributed by atoms with Crippen molar-refractivity contribution in [3.05, 3.63) is 30.1 Å². The predicted molar refractivity (Wildman–Crippen MR) is 75.9 cm³/mol. The van der Waals surface area contributed by atoms with Gasteiger partial charge in [0, 0.05) is 13.2 Å². The molecule has 0 spiro atoms. The van der Waals surface area contributed by atoms with Crippen LogP contribution in [-0.4, -0.2) is 27.8 Å². The van der Waals surface area contributed by atoms with Gasteiger partial charge in [0.05, 0.1) is 22.6 Å². The van der Waals surface area contributed by atoms with Gasteiger partial charge in [-0.25, -0.2) is 0 Å². The van der Waals surface area contributed by atoms with E-state index < -0.39 is 5.41 Å². The first-order valence-corrected chi connectivity index (χ1v) is 6.28. The second-order valence-corrected chi connectivity index (χ2v) is 4.97. The quantitative estimate of drug-likeness (QED) is 0.824. The van der Waals surface area contributed by atoms with Gasteiger partial charge in [-0.15, -0.1) is 0 Å². The number of amides is 1. The van der Waals surface area contributed by atoms with Gasteiger partial charge in [0.15, 0.2) is 0 Å². The van der Waals surface area contributed by atoms with Crippen molar-refractivity contribution in [1.29, 1.82) is 0 Å². The highest BCUT2D eigenvalue weighted by molar-refractivity contribution is 7.80. The molecule has 0 bridgehead atoms. The minimum absolute atomic E-state index is 0.0665. The van der Waals surface area contributed by atoms with Crippen molar-refractivity contribution < 1.29 is 4.79 Å². The zero-order valence-corrected chi connectivity index (χ0v) is 11.8. The van der Waals surface area contributed by atoms with E-state index in [1.165, 1.54) is 0 Å². The number of aromatic nitrogens is 1. The molecule has 1 amide bonds. The molecular formula is C13H19N3OS. The Kier molecular flexibility index (Phi) is 4.78. The maximum absolute atomic E-state index is 12.4. The Balaban J connectivity index is 2.81. The van der Waals surface area contributed by atoms with Crippen molar-refractivity contribution in [3.8, 4) is 0 Å². The summed E-state index contributed by atoms with van der Waals surface area (Å²) in [6.07, 6.45) is 2.30. The van der Waals surface area contributed by atoms with E-state index in [0.29, 0.717) is 13.0 Å². The van der Waals surface area contributed by atoms with Crippen LogP contribution in [-0.2, 0) is 11.3 Å². The molecule has 1 atom stereocenters. The molecule has 1 aromatic heterocycles. The summed E-state index contributed by atoms with van der Waals surface area (Å²) in [7, 11) is 1.74. The van der Waals surface area contributed by atoms with Crippen LogP contribution in [0.2, 0.25) is 0 Å². The largest absolute Gasteiger partial charge is 0.392 e. The number of thiocarbonyl (C=S) groups is 1. The van der Waals surface area contributed by atoms with E-state index in [9.17, 15) is 4.79 Å². The molecule has 0 saturated heterocycles. The Morgan fingerprint density at radius 2 is 2.22 bits per heavy atom. The van der Waals surface area contributed by atoms with Crippen LogP contribution in [0.3, 0.4) is 0 Å². The number of hydrogen-bond acceptors (Lipinski definition) is 3. The summed E-state index contributed by atoms with van der Waals surface area (Å²) in [6, 6.07) is 5.62. The molecule has 0 saturated carbocycles. The molecule has 18 heavy (non-hydrogen) atoms. The lowest BCUT2D eigenvalue weighted by Gasteiger charge is -2.30. The first kappa shape index (κ1) is 14.6. The number of carbonyl (C=O) groups excluding carboxylic acids is 1. The first-order chi connectivity index (χ1) is 8.41. The van der Waals surface area contributed by atoms with Crippen LogP contribution < -0.4 is 5.73 Å². The number of nitrogens with two attached hydrogens (primary N) is 1. The fraction of sp³-hybridized carbons (Fsp3) is 0.462. The minimum Gasteiger partial charge on any atom is -0.392 e. The highest BCUT2D eigenvalue weighted by Gasteiger charge is 2.36. The van der Waals surface area contributed by atoms with Crippen molar-refractivity contribution in [3.63, 3.8) is 0 Å². The fourth-order valence-corrected chi connectivity index (χ4v) is 1.89. The Morgan fingerprint density at radius 3 is 2.67 bits per heavy atom. The van der Waals surface area contributed by atoms with E-state index >= 15 is 0 Å². The van der Waals surface area contributed by atoms with Gasteiger partial charge in [0.1, 0.15) is 0 Å². The van der Waals surface area contributed by atoms with Crippen molar-refractivity contribution in [1.82, 2.24) is 9.88 Å². The average molecular weight is 265 g/mol. The van der Waals surface area contributed by atoms with Gasteiger partial charge >= 0.3 is 0 Å². The van der Waals surface area contributed by atoms with E-state index in [1.807, 2.05) is 25.1 Å². The van der Waals surface area contributed by atoms with Crippen molar-refractivity contribution in [2.24, 2.45) is 11.1 Å². The van der Waals surface area contributed by atoms with Crippen LogP contribution in [0.5, 0.6) is 0 Å². The predicted octanol–water partition coefficient (Wildman–Crippen LogP) is 1.74. The topological polar surface area (TPSA) is 59.2 Å². The molecule has 1 aromatic rings. The maximum Gasteiger partial charge on any atom is 0.235 e.